The largest absolute Gasteiger partial charge is 0.492 e. The Morgan fingerprint density at radius 1 is 0.926 bits per heavy atom. The average molecular weight is 355 g/mol. The highest BCUT2D eigenvalue weighted by molar-refractivity contribution is 5.99. The number of carbonyl (C=O) groups is 1. The molecule has 0 saturated heterocycles. The predicted octanol–water partition coefficient (Wildman–Crippen LogP) is 4.91. The van der Waals surface area contributed by atoms with E-state index in [0.717, 1.165) is 23.3 Å². The number of hydrogen-bond donors (Lipinski definition) is 0. The number of benzene rings is 3. The number of nitriles is 1. The van der Waals surface area contributed by atoms with E-state index in [1.165, 1.54) is 0 Å². The van der Waals surface area contributed by atoms with Gasteiger partial charge in [-0.05, 0) is 53.9 Å². The second-order valence-electron chi connectivity index (χ2n) is 6.41. The van der Waals surface area contributed by atoms with Gasteiger partial charge in [-0.1, -0.05) is 24.3 Å². The minimum Gasteiger partial charge on any atom is -0.492 e. The molecule has 0 bridgehead atoms. The van der Waals surface area contributed by atoms with Crippen molar-refractivity contribution in [1.82, 2.24) is 0 Å². The first-order chi connectivity index (χ1) is 13.2. The molecule has 0 unspecified atom stereocenters. The molecule has 4 rings (SSSR count). The van der Waals surface area contributed by atoms with E-state index in [4.69, 9.17) is 14.7 Å². The van der Waals surface area contributed by atoms with E-state index in [0.29, 0.717) is 35.7 Å². The fraction of sp³-hybridized carbons (Fsp3) is 0.130. The van der Waals surface area contributed by atoms with Crippen molar-refractivity contribution in [3.8, 4) is 23.3 Å². The molecule has 0 amide bonds. The maximum atomic E-state index is 11.8. The van der Waals surface area contributed by atoms with Gasteiger partial charge < -0.3 is 9.47 Å². The van der Waals surface area contributed by atoms with E-state index in [9.17, 15) is 4.79 Å². The zero-order valence-corrected chi connectivity index (χ0v) is 14.6. The van der Waals surface area contributed by atoms with Gasteiger partial charge in [-0.25, -0.2) is 0 Å². The van der Waals surface area contributed by atoms with Crippen molar-refractivity contribution in [1.29, 1.82) is 5.26 Å². The topological polar surface area (TPSA) is 59.3 Å². The number of hydrogen-bond acceptors (Lipinski definition) is 4. The van der Waals surface area contributed by atoms with Crippen LogP contribution in [0.3, 0.4) is 0 Å². The van der Waals surface area contributed by atoms with Crippen molar-refractivity contribution in [3.05, 3.63) is 89.0 Å². The van der Waals surface area contributed by atoms with Crippen LogP contribution in [0.5, 0.6) is 17.2 Å². The number of carbonyl (C=O) groups excluding carboxylic acids is 1. The molecular weight excluding hydrogens is 338 g/mol. The van der Waals surface area contributed by atoms with Gasteiger partial charge in [0, 0.05) is 12.5 Å². The molecule has 1 heterocycles. The van der Waals surface area contributed by atoms with Gasteiger partial charge in [-0.3, -0.25) is 4.79 Å². The van der Waals surface area contributed by atoms with Gasteiger partial charge in [0.05, 0.1) is 23.8 Å². The molecule has 1 aliphatic rings. The molecule has 3 aromatic carbocycles. The summed E-state index contributed by atoms with van der Waals surface area (Å²) in [5.74, 6) is 2.06. The van der Waals surface area contributed by atoms with Crippen LogP contribution in [0.1, 0.15) is 33.5 Å². The van der Waals surface area contributed by atoms with Crippen LogP contribution >= 0.6 is 0 Å². The molecule has 0 spiro atoms. The van der Waals surface area contributed by atoms with Gasteiger partial charge in [-0.15, -0.1) is 0 Å². The third-order valence-electron chi connectivity index (χ3n) is 4.49. The van der Waals surface area contributed by atoms with E-state index < -0.39 is 0 Å². The van der Waals surface area contributed by atoms with Crippen molar-refractivity contribution in [2.45, 2.75) is 12.8 Å². The van der Waals surface area contributed by atoms with Crippen molar-refractivity contribution < 1.29 is 14.3 Å². The van der Waals surface area contributed by atoms with Gasteiger partial charge in [0.15, 0.2) is 5.78 Å². The number of nitrogens with zero attached hydrogens (tertiary/aromatic N) is 1. The van der Waals surface area contributed by atoms with E-state index in [1.54, 1.807) is 18.2 Å². The SMILES string of the molecule is N#Cc1ccc(Cc2ccc(Oc3ccc4c(c3)OCCC4=O)cc2)cc1. The lowest BCUT2D eigenvalue weighted by Gasteiger charge is -2.17. The number of ether oxygens (including phenoxy) is 2. The minimum absolute atomic E-state index is 0.106. The number of ketones is 1. The highest BCUT2D eigenvalue weighted by Gasteiger charge is 2.18. The predicted molar refractivity (Wildman–Crippen MR) is 101 cm³/mol. The summed E-state index contributed by atoms with van der Waals surface area (Å²) >= 11 is 0. The molecule has 0 aromatic heterocycles. The first kappa shape index (κ1) is 16.9. The van der Waals surface area contributed by atoms with Crippen LogP contribution in [-0.4, -0.2) is 12.4 Å². The van der Waals surface area contributed by atoms with Gasteiger partial charge in [0.25, 0.3) is 0 Å². The molecule has 3 aromatic rings. The Balaban J connectivity index is 1.44. The molecule has 0 atom stereocenters. The molecule has 27 heavy (non-hydrogen) atoms. The second-order valence-corrected chi connectivity index (χ2v) is 6.41. The second kappa shape index (κ2) is 7.35. The lowest BCUT2D eigenvalue weighted by Crippen LogP contribution is -2.14. The standard InChI is InChI=1S/C23H17NO3/c24-15-18-3-1-16(2-4-18)13-17-5-7-19(8-6-17)27-20-9-10-21-22(25)11-12-26-23(21)14-20/h1-10,14H,11-13H2. The number of fused-ring (bicyclic) bond motifs is 1. The summed E-state index contributed by atoms with van der Waals surface area (Å²) in [4.78, 5) is 11.8. The summed E-state index contributed by atoms with van der Waals surface area (Å²) in [5, 5.41) is 8.86. The molecule has 4 heteroatoms. The fourth-order valence-corrected chi connectivity index (χ4v) is 3.05. The van der Waals surface area contributed by atoms with Crippen LogP contribution in [-0.2, 0) is 6.42 Å². The van der Waals surface area contributed by atoms with Crippen LogP contribution in [0.4, 0.5) is 0 Å². The van der Waals surface area contributed by atoms with Crippen LogP contribution < -0.4 is 9.47 Å². The summed E-state index contributed by atoms with van der Waals surface area (Å²) in [6.07, 6.45) is 1.22. The average Bonchev–Trinajstić information content (AvgIpc) is 2.70. The lowest BCUT2D eigenvalue weighted by atomic mass is 10.0. The van der Waals surface area contributed by atoms with Crippen LogP contribution in [0.15, 0.2) is 66.7 Å². The van der Waals surface area contributed by atoms with E-state index in [-0.39, 0.29) is 5.78 Å². The van der Waals surface area contributed by atoms with Gasteiger partial charge in [0.1, 0.15) is 17.2 Å². The first-order valence-corrected chi connectivity index (χ1v) is 8.77. The highest BCUT2D eigenvalue weighted by Crippen LogP contribution is 2.31. The Bertz CT molecular complexity index is 1010. The summed E-state index contributed by atoms with van der Waals surface area (Å²) in [7, 11) is 0. The van der Waals surface area contributed by atoms with Crippen molar-refractivity contribution in [2.75, 3.05) is 6.61 Å². The Labute approximate surface area is 157 Å². The first-order valence-electron chi connectivity index (χ1n) is 8.77. The third-order valence-corrected chi connectivity index (χ3v) is 4.49. The number of rotatable bonds is 4. The summed E-state index contributed by atoms with van der Waals surface area (Å²) in [6, 6.07) is 22.9. The minimum atomic E-state index is 0.106. The molecule has 0 radical (unpaired) electrons. The normalized spacial score (nSPS) is 12.6. The molecular formula is C23H17NO3. The summed E-state index contributed by atoms with van der Waals surface area (Å²) in [6.45, 7) is 0.416. The fourth-order valence-electron chi connectivity index (χ4n) is 3.05. The van der Waals surface area contributed by atoms with Crippen LogP contribution in [0.2, 0.25) is 0 Å². The molecule has 0 saturated carbocycles. The maximum absolute atomic E-state index is 11.8. The zero-order valence-electron chi connectivity index (χ0n) is 14.6. The Morgan fingerprint density at radius 2 is 1.59 bits per heavy atom. The smallest absolute Gasteiger partial charge is 0.169 e. The third kappa shape index (κ3) is 3.83. The zero-order chi connectivity index (χ0) is 18.6. The monoisotopic (exact) mass is 355 g/mol. The summed E-state index contributed by atoms with van der Waals surface area (Å²) in [5.41, 5.74) is 3.59. The van der Waals surface area contributed by atoms with Gasteiger partial charge >= 0.3 is 0 Å². The molecule has 0 N–H and O–H groups in total. The Kier molecular flexibility index (Phi) is 4.59. The Morgan fingerprint density at radius 3 is 2.30 bits per heavy atom. The molecule has 0 aliphatic carbocycles. The van der Waals surface area contributed by atoms with Crippen molar-refractivity contribution in [2.24, 2.45) is 0 Å². The van der Waals surface area contributed by atoms with E-state index in [2.05, 4.69) is 6.07 Å². The lowest BCUT2D eigenvalue weighted by molar-refractivity contribution is 0.0933. The van der Waals surface area contributed by atoms with Crippen LogP contribution in [0.25, 0.3) is 0 Å². The van der Waals surface area contributed by atoms with E-state index >= 15 is 0 Å². The molecule has 0 fully saturated rings. The molecule has 4 nitrogen and oxygen atoms in total. The molecule has 132 valence electrons. The van der Waals surface area contributed by atoms with Gasteiger partial charge in [0.2, 0.25) is 0 Å². The Hall–Kier alpha value is -3.58. The van der Waals surface area contributed by atoms with Crippen molar-refractivity contribution in [3.63, 3.8) is 0 Å². The van der Waals surface area contributed by atoms with Gasteiger partial charge in [-0.2, -0.15) is 5.26 Å². The maximum Gasteiger partial charge on any atom is 0.169 e. The quantitative estimate of drug-likeness (QED) is 0.667. The van der Waals surface area contributed by atoms with Crippen LogP contribution in [0, 0.1) is 11.3 Å². The van der Waals surface area contributed by atoms with Crippen molar-refractivity contribution >= 4 is 5.78 Å². The highest BCUT2D eigenvalue weighted by atomic mass is 16.5. The van der Waals surface area contributed by atoms with E-state index in [1.807, 2.05) is 48.5 Å². The number of Topliss-reactive ketones (excluding diaryl/α,β-unsaturated/α-hetero) is 1. The molecule has 1 aliphatic heterocycles. The summed E-state index contributed by atoms with van der Waals surface area (Å²) < 4.78 is 11.4.